The Morgan fingerprint density at radius 3 is 2.40 bits per heavy atom. The van der Waals surface area contributed by atoms with Crippen molar-refractivity contribution >= 4 is 33.4 Å². The van der Waals surface area contributed by atoms with Gasteiger partial charge in [-0.3, -0.25) is 9.59 Å². The van der Waals surface area contributed by atoms with Gasteiger partial charge in [0.2, 0.25) is 5.91 Å². The second-order valence-corrected chi connectivity index (χ2v) is 6.82. The summed E-state index contributed by atoms with van der Waals surface area (Å²) in [4.78, 5) is 25.2. The molecule has 2 rings (SSSR count). The average Bonchev–Trinajstić information content (AvgIpc) is 2.55. The molecule has 0 aromatic heterocycles. The minimum atomic E-state index is -0.237. The summed E-state index contributed by atoms with van der Waals surface area (Å²) in [5.74, 6) is 0.477. The first-order chi connectivity index (χ1) is 11.8. The number of rotatable bonds is 6. The highest BCUT2D eigenvalue weighted by Gasteiger charge is 2.08. The first-order valence-corrected chi connectivity index (χ1v) is 8.62. The van der Waals surface area contributed by atoms with Crippen LogP contribution in [0, 0.1) is 6.92 Å². The molecule has 5 nitrogen and oxygen atoms in total. The zero-order valence-electron chi connectivity index (χ0n) is 14.5. The smallest absolute Gasteiger partial charge is 0.262 e. The van der Waals surface area contributed by atoms with Crippen LogP contribution in [0.3, 0.4) is 0 Å². The summed E-state index contributed by atoms with van der Waals surface area (Å²) in [6, 6.07) is 12.8. The van der Waals surface area contributed by atoms with Crippen molar-refractivity contribution in [1.29, 1.82) is 0 Å². The number of hydrogen-bond donors (Lipinski definition) is 1. The summed E-state index contributed by atoms with van der Waals surface area (Å²) in [6.07, 6.45) is 0.340. The first-order valence-electron chi connectivity index (χ1n) is 7.83. The molecule has 0 atom stereocenters. The standard InChI is InChI=1S/C19H21BrN2O3/c1-13-10-15(20)6-9-17(13)25-12-18(23)21-16-7-4-14(5-8-16)11-19(24)22(2)3/h4-10H,11-12H2,1-3H3,(H,21,23). The van der Waals surface area contributed by atoms with Crippen LogP contribution < -0.4 is 10.1 Å². The molecule has 2 aromatic carbocycles. The van der Waals surface area contributed by atoms with Gasteiger partial charge in [-0.1, -0.05) is 28.1 Å². The fourth-order valence-electron chi connectivity index (χ4n) is 2.15. The summed E-state index contributed by atoms with van der Waals surface area (Å²) >= 11 is 3.39. The van der Waals surface area contributed by atoms with E-state index in [1.807, 2.05) is 37.3 Å². The predicted molar refractivity (Wildman–Crippen MR) is 102 cm³/mol. The number of amides is 2. The third-order valence-corrected chi connectivity index (χ3v) is 4.08. The summed E-state index contributed by atoms with van der Waals surface area (Å²) in [5, 5.41) is 2.78. The van der Waals surface area contributed by atoms with E-state index >= 15 is 0 Å². The van der Waals surface area contributed by atoms with Crippen molar-refractivity contribution < 1.29 is 14.3 Å². The molecule has 0 radical (unpaired) electrons. The van der Waals surface area contributed by atoms with Gasteiger partial charge >= 0.3 is 0 Å². The maximum atomic E-state index is 12.0. The van der Waals surface area contributed by atoms with Crippen molar-refractivity contribution in [2.24, 2.45) is 0 Å². The highest BCUT2D eigenvalue weighted by atomic mass is 79.9. The Kier molecular flexibility index (Phi) is 6.58. The van der Waals surface area contributed by atoms with E-state index in [-0.39, 0.29) is 18.4 Å². The fraction of sp³-hybridized carbons (Fsp3) is 0.263. The third kappa shape index (κ3) is 5.90. The van der Waals surface area contributed by atoms with Crippen molar-refractivity contribution in [2.45, 2.75) is 13.3 Å². The lowest BCUT2D eigenvalue weighted by Gasteiger charge is -2.11. The van der Waals surface area contributed by atoms with Gasteiger partial charge in [-0.2, -0.15) is 0 Å². The van der Waals surface area contributed by atoms with Gasteiger partial charge in [0.1, 0.15) is 5.75 Å². The van der Waals surface area contributed by atoms with Gasteiger partial charge in [-0.15, -0.1) is 0 Å². The number of hydrogen-bond acceptors (Lipinski definition) is 3. The number of carbonyl (C=O) groups excluding carboxylic acids is 2. The van der Waals surface area contributed by atoms with E-state index in [9.17, 15) is 9.59 Å². The van der Waals surface area contributed by atoms with Crippen LogP contribution in [0.1, 0.15) is 11.1 Å². The Morgan fingerprint density at radius 1 is 1.12 bits per heavy atom. The molecular formula is C19H21BrN2O3. The highest BCUT2D eigenvalue weighted by molar-refractivity contribution is 9.10. The summed E-state index contributed by atoms with van der Waals surface area (Å²) in [7, 11) is 3.45. The minimum Gasteiger partial charge on any atom is -0.483 e. The third-order valence-electron chi connectivity index (χ3n) is 3.59. The number of likely N-dealkylation sites (N-methyl/N-ethyl adjacent to an activating group) is 1. The van der Waals surface area contributed by atoms with Crippen LogP contribution in [0.5, 0.6) is 5.75 Å². The largest absolute Gasteiger partial charge is 0.483 e. The molecule has 0 aliphatic rings. The number of nitrogens with one attached hydrogen (secondary N) is 1. The van der Waals surface area contributed by atoms with Crippen molar-refractivity contribution in [3.8, 4) is 5.75 Å². The molecule has 2 aromatic rings. The van der Waals surface area contributed by atoms with Crippen LogP contribution in [0.25, 0.3) is 0 Å². The average molecular weight is 405 g/mol. The van der Waals surface area contributed by atoms with Crippen LogP contribution in [0.2, 0.25) is 0 Å². The van der Waals surface area contributed by atoms with E-state index in [0.717, 1.165) is 15.6 Å². The molecular weight excluding hydrogens is 384 g/mol. The monoisotopic (exact) mass is 404 g/mol. The van der Waals surface area contributed by atoms with Gasteiger partial charge in [0.25, 0.3) is 5.91 Å². The fourth-order valence-corrected chi connectivity index (χ4v) is 2.63. The predicted octanol–water partition coefficient (Wildman–Crippen LogP) is 3.41. The SMILES string of the molecule is Cc1cc(Br)ccc1OCC(=O)Nc1ccc(CC(=O)N(C)C)cc1. The number of aryl methyl sites for hydroxylation is 1. The number of benzene rings is 2. The van der Waals surface area contributed by atoms with E-state index in [1.54, 1.807) is 31.1 Å². The molecule has 0 spiro atoms. The Hall–Kier alpha value is -2.34. The van der Waals surface area contributed by atoms with Crippen LogP contribution in [-0.4, -0.2) is 37.4 Å². The molecule has 0 aliphatic carbocycles. The van der Waals surface area contributed by atoms with E-state index < -0.39 is 0 Å². The molecule has 0 bridgehead atoms. The Bertz CT molecular complexity index is 758. The number of nitrogens with zero attached hydrogens (tertiary/aromatic N) is 1. The van der Waals surface area contributed by atoms with Gasteiger partial charge in [-0.25, -0.2) is 0 Å². The van der Waals surface area contributed by atoms with Crippen LogP contribution in [0.4, 0.5) is 5.69 Å². The highest BCUT2D eigenvalue weighted by Crippen LogP contribution is 2.22. The van der Waals surface area contributed by atoms with E-state index in [2.05, 4.69) is 21.2 Å². The van der Waals surface area contributed by atoms with Crippen molar-refractivity contribution in [1.82, 2.24) is 4.90 Å². The second-order valence-electron chi connectivity index (χ2n) is 5.91. The maximum Gasteiger partial charge on any atom is 0.262 e. The molecule has 6 heteroatoms. The van der Waals surface area contributed by atoms with Crippen molar-refractivity contribution in [3.05, 3.63) is 58.1 Å². The quantitative estimate of drug-likeness (QED) is 0.802. The summed E-state index contributed by atoms with van der Waals surface area (Å²) in [5.41, 5.74) is 2.53. The van der Waals surface area contributed by atoms with Crippen LogP contribution in [-0.2, 0) is 16.0 Å². The normalized spacial score (nSPS) is 10.2. The lowest BCUT2D eigenvalue weighted by molar-refractivity contribution is -0.128. The molecule has 1 N–H and O–H groups in total. The topological polar surface area (TPSA) is 58.6 Å². The Labute approximate surface area is 156 Å². The van der Waals surface area contributed by atoms with Gasteiger partial charge in [0, 0.05) is 24.3 Å². The van der Waals surface area contributed by atoms with Gasteiger partial charge < -0.3 is 15.0 Å². The zero-order valence-corrected chi connectivity index (χ0v) is 16.1. The van der Waals surface area contributed by atoms with E-state index in [4.69, 9.17) is 4.74 Å². The molecule has 0 fully saturated rings. The van der Waals surface area contributed by atoms with Crippen LogP contribution in [0.15, 0.2) is 46.9 Å². The maximum absolute atomic E-state index is 12.0. The molecule has 132 valence electrons. The summed E-state index contributed by atoms with van der Waals surface area (Å²) in [6.45, 7) is 1.86. The second kappa shape index (κ2) is 8.67. The van der Waals surface area contributed by atoms with Crippen molar-refractivity contribution in [3.63, 3.8) is 0 Å². The zero-order chi connectivity index (χ0) is 18.4. The number of halogens is 1. The molecule has 0 saturated carbocycles. The van der Waals surface area contributed by atoms with Gasteiger partial charge in [0.15, 0.2) is 6.61 Å². The van der Waals surface area contributed by atoms with E-state index in [1.165, 1.54) is 0 Å². The molecule has 0 heterocycles. The van der Waals surface area contributed by atoms with Crippen molar-refractivity contribution in [2.75, 3.05) is 26.0 Å². The number of ether oxygens (including phenoxy) is 1. The number of anilines is 1. The van der Waals surface area contributed by atoms with Gasteiger partial charge in [-0.05, 0) is 48.4 Å². The molecule has 0 aliphatic heterocycles. The number of carbonyl (C=O) groups is 2. The molecule has 0 unspecified atom stereocenters. The molecule has 0 saturated heterocycles. The lowest BCUT2D eigenvalue weighted by atomic mass is 10.1. The molecule has 25 heavy (non-hydrogen) atoms. The van der Waals surface area contributed by atoms with Crippen LogP contribution >= 0.6 is 15.9 Å². The van der Waals surface area contributed by atoms with Gasteiger partial charge in [0.05, 0.1) is 6.42 Å². The summed E-state index contributed by atoms with van der Waals surface area (Å²) < 4.78 is 6.51. The minimum absolute atomic E-state index is 0.0371. The van der Waals surface area contributed by atoms with E-state index in [0.29, 0.717) is 17.9 Å². The first kappa shape index (κ1) is 19.0. The molecule has 2 amide bonds. The Morgan fingerprint density at radius 2 is 1.80 bits per heavy atom. The lowest BCUT2D eigenvalue weighted by Crippen LogP contribution is -2.23. The Balaban J connectivity index is 1.87.